The van der Waals surface area contributed by atoms with Crippen LogP contribution < -0.4 is 0 Å². The topological polar surface area (TPSA) is 76.1 Å². The monoisotopic (exact) mass is 501 g/mol. The summed E-state index contributed by atoms with van der Waals surface area (Å²) in [5.41, 5.74) is -0.219. The lowest BCUT2D eigenvalue weighted by Gasteiger charge is -2.44. The maximum Gasteiger partial charge on any atom is 0.417 e. The molecule has 0 amide bonds. The first-order valence-electron chi connectivity index (χ1n) is 11.2. The molecular weight excluding hydrogens is 471 g/mol. The average molecular weight is 502 g/mol. The Morgan fingerprint density at radius 2 is 1.47 bits per heavy atom. The van der Waals surface area contributed by atoms with Gasteiger partial charge in [0.2, 0.25) is 0 Å². The van der Waals surface area contributed by atoms with E-state index in [0.29, 0.717) is 13.1 Å². The SMILES string of the molecule is C[C@@H](COC1(C(F)(F)F)CCC(N(Cc2ccccc2)Cc2ccccc2)CC1)OS(=O)(=O)O. The van der Waals surface area contributed by atoms with Crippen LogP contribution in [-0.4, -0.2) is 48.4 Å². The van der Waals surface area contributed by atoms with Crippen LogP contribution in [0.5, 0.6) is 0 Å². The number of nitrogens with zero attached hydrogens (tertiary/aromatic N) is 1. The second-order valence-corrected chi connectivity index (χ2v) is 9.79. The van der Waals surface area contributed by atoms with Gasteiger partial charge in [-0.2, -0.15) is 21.6 Å². The summed E-state index contributed by atoms with van der Waals surface area (Å²) in [6, 6.07) is 19.5. The molecule has 0 radical (unpaired) electrons. The van der Waals surface area contributed by atoms with Crippen molar-refractivity contribution in [3.05, 3.63) is 71.8 Å². The summed E-state index contributed by atoms with van der Waals surface area (Å²) in [6.07, 6.45) is -5.84. The van der Waals surface area contributed by atoms with Crippen molar-refractivity contribution in [3.63, 3.8) is 0 Å². The molecule has 0 aliphatic heterocycles. The van der Waals surface area contributed by atoms with Gasteiger partial charge < -0.3 is 4.74 Å². The molecule has 1 atom stereocenters. The predicted octanol–water partition coefficient (Wildman–Crippen LogP) is 5.16. The van der Waals surface area contributed by atoms with Gasteiger partial charge in [0.1, 0.15) is 0 Å². The van der Waals surface area contributed by atoms with E-state index in [9.17, 15) is 21.6 Å². The van der Waals surface area contributed by atoms with E-state index < -0.39 is 34.9 Å². The van der Waals surface area contributed by atoms with Crippen molar-refractivity contribution in [1.29, 1.82) is 0 Å². The summed E-state index contributed by atoms with van der Waals surface area (Å²) in [5, 5.41) is 0. The highest BCUT2D eigenvalue weighted by atomic mass is 32.3. The molecule has 0 bridgehead atoms. The largest absolute Gasteiger partial charge is 0.417 e. The van der Waals surface area contributed by atoms with Gasteiger partial charge in [0.25, 0.3) is 0 Å². The number of ether oxygens (including phenoxy) is 1. The van der Waals surface area contributed by atoms with E-state index in [0.717, 1.165) is 11.1 Å². The van der Waals surface area contributed by atoms with Gasteiger partial charge in [0, 0.05) is 19.1 Å². The third-order valence-electron chi connectivity index (χ3n) is 6.13. The van der Waals surface area contributed by atoms with Crippen LogP contribution in [0.4, 0.5) is 13.2 Å². The van der Waals surface area contributed by atoms with Crippen molar-refractivity contribution in [3.8, 4) is 0 Å². The summed E-state index contributed by atoms with van der Waals surface area (Å²) >= 11 is 0. The highest BCUT2D eigenvalue weighted by molar-refractivity contribution is 7.80. The number of benzene rings is 2. The summed E-state index contributed by atoms with van der Waals surface area (Å²) in [7, 11) is -4.78. The maximum atomic E-state index is 14.1. The van der Waals surface area contributed by atoms with Crippen LogP contribution in [-0.2, 0) is 32.4 Å². The molecule has 0 aromatic heterocycles. The van der Waals surface area contributed by atoms with E-state index in [2.05, 4.69) is 9.08 Å². The average Bonchev–Trinajstić information content (AvgIpc) is 2.77. The first-order valence-corrected chi connectivity index (χ1v) is 12.5. The Labute approximate surface area is 198 Å². The molecule has 1 N–H and O–H groups in total. The van der Waals surface area contributed by atoms with Crippen LogP contribution in [0, 0.1) is 0 Å². The van der Waals surface area contributed by atoms with Crippen LogP contribution in [0.15, 0.2) is 60.7 Å². The molecule has 1 saturated carbocycles. The van der Waals surface area contributed by atoms with Crippen LogP contribution in [0.3, 0.4) is 0 Å². The lowest BCUT2D eigenvalue weighted by molar-refractivity contribution is -0.293. The molecule has 34 heavy (non-hydrogen) atoms. The molecule has 0 unspecified atom stereocenters. The molecule has 188 valence electrons. The van der Waals surface area contributed by atoms with Crippen molar-refractivity contribution in [1.82, 2.24) is 4.90 Å². The van der Waals surface area contributed by atoms with Crippen molar-refractivity contribution in [2.75, 3.05) is 6.61 Å². The second kappa shape index (κ2) is 11.2. The Hall–Kier alpha value is -1.98. The van der Waals surface area contributed by atoms with Crippen LogP contribution in [0.2, 0.25) is 0 Å². The van der Waals surface area contributed by atoms with Gasteiger partial charge >= 0.3 is 16.6 Å². The normalized spacial score (nSPS) is 22.6. The molecule has 1 fully saturated rings. The minimum absolute atomic E-state index is 0.0778. The molecule has 0 heterocycles. The zero-order valence-corrected chi connectivity index (χ0v) is 19.8. The molecule has 0 saturated heterocycles. The van der Waals surface area contributed by atoms with E-state index in [-0.39, 0.29) is 31.7 Å². The highest BCUT2D eigenvalue weighted by Gasteiger charge is 2.57. The summed E-state index contributed by atoms with van der Waals surface area (Å²) in [6.45, 7) is 1.84. The lowest BCUT2D eigenvalue weighted by Crippen LogP contribution is -2.53. The van der Waals surface area contributed by atoms with Crippen molar-refractivity contribution < 1.29 is 35.1 Å². The maximum absolute atomic E-state index is 14.1. The van der Waals surface area contributed by atoms with Gasteiger partial charge in [0.15, 0.2) is 5.60 Å². The third kappa shape index (κ3) is 7.51. The Balaban J connectivity index is 1.72. The predicted molar refractivity (Wildman–Crippen MR) is 121 cm³/mol. The minimum Gasteiger partial charge on any atom is -0.363 e. The fourth-order valence-electron chi connectivity index (χ4n) is 4.41. The zero-order chi connectivity index (χ0) is 24.8. The van der Waals surface area contributed by atoms with E-state index in [1.54, 1.807) is 0 Å². The lowest BCUT2D eigenvalue weighted by atomic mass is 9.80. The van der Waals surface area contributed by atoms with Gasteiger partial charge in [-0.25, -0.2) is 4.18 Å². The summed E-state index contributed by atoms with van der Waals surface area (Å²) in [5.74, 6) is 0. The minimum atomic E-state index is -4.78. The quantitative estimate of drug-likeness (QED) is 0.454. The third-order valence-corrected chi connectivity index (χ3v) is 6.70. The van der Waals surface area contributed by atoms with Crippen LogP contribution in [0.25, 0.3) is 0 Å². The van der Waals surface area contributed by atoms with Gasteiger partial charge in [-0.15, -0.1) is 0 Å². The fraction of sp³-hybridized carbons (Fsp3) is 0.500. The first kappa shape index (κ1) is 26.6. The Morgan fingerprint density at radius 3 is 1.88 bits per heavy atom. The van der Waals surface area contributed by atoms with E-state index in [4.69, 9.17) is 9.29 Å². The van der Waals surface area contributed by atoms with Crippen LogP contribution >= 0.6 is 0 Å². The van der Waals surface area contributed by atoms with Gasteiger partial charge in [-0.3, -0.25) is 9.45 Å². The molecule has 2 aromatic rings. The molecule has 2 aromatic carbocycles. The van der Waals surface area contributed by atoms with E-state index in [1.807, 2.05) is 60.7 Å². The summed E-state index contributed by atoms with van der Waals surface area (Å²) < 4.78 is 82.2. The van der Waals surface area contributed by atoms with Crippen molar-refractivity contribution >= 4 is 10.4 Å². The molecular formula is C24H30F3NO5S. The van der Waals surface area contributed by atoms with Crippen molar-refractivity contribution in [2.24, 2.45) is 0 Å². The summed E-state index contributed by atoms with van der Waals surface area (Å²) in [4.78, 5) is 2.20. The molecule has 0 spiro atoms. The number of alkyl halides is 3. The number of rotatable bonds is 10. The molecule has 6 nitrogen and oxygen atoms in total. The Morgan fingerprint density at radius 1 is 1.00 bits per heavy atom. The fourth-order valence-corrected chi connectivity index (χ4v) is 4.88. The van der Waals surface area contributed by atoms with E-state index in [1.165, 1.54) is 6.92 Å². The first-order chi connectivity index (χ1) is 16.0. The molecule has 1 aliphatic rings. The number of hydrogen-bond donors (Lipinski definition) is 1. The number of halogens is 3. The van der Waals surface area contributed by atoms with Crippen LogP contribution in [0.1, 0.15) is 43.7 Å². The van der Waals surface area contributed by atoms with Crippen molar-refractivity contribution in [2.45, 2.75) is 69.6 Å². The highest BCUT2D eigenvalue weighted by Crippen LogP contribution is 2.45. The number of hydrogen-bond acceptors (Lipinski definition) is 5. The standard InChI is InChI=1S/C24H30F3NO5S/c1-19(33-34(29,30)31)18-32-23(24(25,26)27)14-12-22(13-15-23)28(16-20-8-4-2-5-9-20)17-21-10-6-3-7-11-21/h2-11,19,22H,12-18H2,1H3,(H,29,30,31)/t19-,22?,23?/m0/s1. The van der Waals surface area contributed by atoms with E-state index >= 15 is 0 Å². The van der Waals surface area contributed by atoms with Gasteiger partial charge in [-0.1, -0.05) is 60.7 Å². The zero-order valence-electron chi connectivity index (χ0n) is 18.9. The Kier molecular flexibility index (Phi) is 8.75. The second-order valence-electron chi connectivity index (χ2n) is 8.74. The molecule has 10 heteroatoms. The smallest absolute Gasteiger partial charge is 0.363 e. The van der Waals surface area contributed by atoms with Gasteiger partial charge in [0.05, 0.1) is 12.7 Å². The Bertz CT molecular complexity index is 953. The molecule has 1 aliphatic carbocycles. The molecule has 3 rings (SSSR count). The van der Waals surface area contributed by atoms with Gasteiger partial charge in [-0.05, 0) is 43.7 Å².